The molecule has 142 valence electrons. The Balaban J connectivity index is 1.56. The lowest BCUT2D eigenvalue weighted by Crippen LogP contribution is -2.39. The molecule has 4 rings (SSSR count). The highest BCUT2D eigenvalue weighted by Gasteiger charge is 2.29. The summed E-state index contributed by atoms with van der Waals surface area (Å²) in [5, 5.41) is 0. The lowest BCUT2D eigenvalue weighted by Gasteiger charge is -2.32. The van der Waals surface area contributed by atoms with Crippen molar-refractivity contribution in [1.82, 2.24) is 24.8 Å². The predicted molar refractivity (Wildman–Crippen MR) is 103 cm³/mol. The fourth-order valence-electron chi connectivity index (χ4n) is 3.43. The molecule has 7 nitrogen and oxygen atoms in total. The van der Waals surface area contributed by atoms with Gasteiger partial charge in [0.05, 0.1) is 6.20 Å². The number of amides is 1. The number of carbonyl (C=O) groups excluding carboxylic acids is 1. The number of piperidine rings is 1. The number of nitrogens with zero attached hydrogens (tertiary/aromatic N) is 5. The van der Waals surface area contributed by atoms with Gasteiger partial charge in [-0.3, -0.25) is 14.8 Å². The first kappa shape index (κ1) is 18.0. The highest BCUT2D eigenvalue weighted by Crippen LogP contribution is 2.33. The molecule has 1 amide bonds. The molecule has 0 spiro atoms. The number of para-hydroxylation sites is 1. The zero-order valence-electron chi connectivity index (χ0n) is 15.7. The molecule has 3 aromatic rings. The van der Waals surface area contributed by atoms with Gasteiger partial charge in [0.25, 0.3) is 5.91 Å². The minimum absolute atomic E-state index is 0.0575. The first-order chi connectivity index (χ1) is 13.7. The van der Waals surface area contributed by atoms with Crippen LogP contribution in [0.25, 0.3) is 0 Å². The van der Waals surface area contributed by atoms with E-state index in [1.807, 2.05) is 36.1 Å². The molecule has 0 aliphatic carbocycles. The van der Waals surface area contributed by atoms with E-state index in [1.54, 1.807) is 18.6 Å². The lowest BCUT2D eigenvalue weighted by atomic mass is 9.94. The van der Waals surface area contributed by atoms with Gasteiger partial charge in [0.1, 0.15) is 17.1 Å². The largest absolute Gasteiger partial charge is 0.437 e. The monoisotopic (exact) mass is 375 g/mol. The average Bonchev–Trinajstić information content (AvgIpc) is 2.76. The summed E-state index contributed by atoms with van der Waals surface area (Å²) in [6.07, 6.45) is 9.70. The predicted octanol–water partition coefficient (Wildman–Crippen LogP) is 3.39. The molecule has 1 aliphatic heterocycles. The zero-order chi connectivity index (χ0) is 19.3. The molecule has 28 heavy (non-hydrogen) atoms. The second-order valence-electron chi connectivity index (χ2n) is 6.80. The van der Waals surface area contributed by atoms with Gasteiger partial charge in [0, 0.05) is 43.8 Å². The van der Waals surface area contributed by atoms with Crippen LogP contribution in [-0.2, 0) is 0 Å². The van der Waals surface area contributed by atoms with Crippen molar-refractivity contribution in [3.05, 3.63) is 72.2 Å². The number of carbonyl (C=O) groups is 1. The Bertz CT molecular complexity index is 964. The van der Waals surface area contributed by atoms with E-state index in [-0.39, 0.29) is 11.8 Å². The van der Waals surface area contributed by atoms with Gasteiger partial charge >= 0.3 is 0 Å². The van der Waals surface area contributed by atoms with Gasteiger partial charge in [-0.25, -0.2) is 9.97 Å². The van der Waals surface area contributed by atoms with Gasteiger partial charge in [-0.05, 0) is 31.4 Å². The van der Waals surface area contributed by atoms with Crippen molar-refractivity contribution >= 4 is 5.91 Å². The van der Waals surface area contributed by atoms with Crippen molar-refractivity contribution < 1.29 is 9.53 Å². The SMILES string of the molecule is Cc1ccccc1Oc1nccnc1[C@@H]1CCCN(C(=O)c2cnccn2)C1. The fourth-order valence-corrected chi connectivity index (χ4v) is 3.43. The van der Waals surface area contributed by atoms with E-state index in [9.17, 15) is 4.79 Å². The van der Waals surface area contributed by atoms with Crippen LogP contribution >= 0.6 is 0 Å². The average molecular weight is 375 g/mol. The maximum absolute atomic E-state index is 12.8. The minimum atomic E-state index is -0.108. The van der Waals surface area contributed by atoms with Crippen molar-refractivity contribution in [2.45, 2.75) is 25.7 Å². The third-order valence-electron chi connectivity index (χ3n) is 4.87. The van der Waals surface area contributed by atoms with Crippen molar-refractivity contribution in [2.75, 3.05) is 13.1 Å². The summed E-state index contributed by atoms with van der Waals surface area (Å²) in [5.41, 5.74) is 2.17. The molecule has 0 saturated carbocycles. The molecule has 0 N–H and O–H groups in total. The lowest BCUT2D eigenvalue weighted by molar-refractivity contribution is 0.0698. The minimum Gasteiger partial charge on any atom is -0.437 e. The first-order valence-electron chi connectivity index (χ1n) is 9.32. The Kier molecular flexibility index (Phi) is 5.23. The maximum Gasteiger partial charge on any atom is 0.274 e. The number of ether oxygens (including phenoxy) is 1. The summed E-state index contributed by atoms with van der Waals surface area (Å²) in [6.45, 7) is 3.24. The van der Waals surface area contributed by atoms with Crippen LogP contribution in [-0.4, -0.2) is 43.8 Å². The van der Waals surface area contributed by atoms with Crippen LogP contribution in [0.2, 0.25) is 0 Å². The third kappa shape index (κ3) is 3.83. The van der Waals surface area contributed by atoms with Crippen LogP contribution in [0.15, 0.2) is 55.2 Å². The number of aryl methyl sites for hydroxylation is 1. The summed E-state index contributed by atoms with van der Waals surface area (Å²) < 4.78 is 6.07. The molecule has 0 bridgehead atoms. The highest BCUT2D eigenvalue weighted by molar-refractivity contribution is 5.92. The van der Waals surface area contributed by atoms with Crippen LogP contribution in [0.5, 0.6) is 11.6 Å². The van der Waals surface area contributed by atoms with E-state index in [0.29, 0.717) is 24.7 Å². The topological polar surface area (TPSA) is 81.1 Å². The van der Waals surface area contributed by atoms with Crippen LogP contribution < -0.4 is 4.74 Å². The number of aromatic nitrogens is 4. The number of hydrogen-bond acceptors (Lipinski definition) is 6. The van der Waals surface area contributed by atoms with E-state index >= 15 is 0 Å². The van der Waals surface area contributed by atoms with E-state index < -0.39 is 0 Å². The van der Waals surface area contributed by atoms with Gasteiger partial charge in [-0.2, -0.15) is 0 Å². The molecule has 3 heterocycles. The second kappa shape index (κ2) is 8.12. The molecule has 0 radical (unpaired) electrons. The molecule has 1 fully saturated rings. The van der Waals surface area contributed by atoms with Crippen molar-refractivity contribution in [3.63, 3.8) is 0 Å². The third-order valence-corrected chi connectivity index (χ3v) is 4.87. The number of benzene rings is 1. The molecular formula is C21H21N5O2. The fraction of sp³-hybridized carbons (Fsp3) is 0.286. The van der Waals surface area contributed by atoms with E-state index in [0.717, 1.165) is 29.8 Å². The Morgan fingerprint density at radius 1 is 1.11 bits per heavy atom. The first-order valence-corrected chi connectivity index (χ1v) is 9.32. The van der Waals surface area contributed by atoms with Crippen molar-refractivity contribution in [1.29, 1.82) is 0 Å². The van der Waals surface area contributed by atoms with Gasteiger partial charge in [0.2, 0.25) is 5.88 Å². The van der Waals surface area contributed by atoms with E-state index in [4.69, 9.17) is 4.74 Å². The summed E-state index contributed by atoms with van der Waals surface area (Å²) >= 11 is 0. The molecule has 1 aromatic carbocycles. The van der Waals surface area contributed by atoms with Gasteiger partial charge in [-0.1, -0.05) is 18.2 Å². The quantitative estimate of drug-likeness (QED) is 0.695. The van der Waals surface area contributed by atoms with Gasteiger partial charge < -0.3 is 9.64 Å². The van der Waals surface area contributed by atoms with Crippen LogP contribution in [0.1, 0.15) is 40.5 Å². The smallest absolute Gasteiger partial charge is 0.274 e. The van der Waals surface area contributed by atoms with E-state index in [2.05, 4.69) is 19.9 Å². The molecule has 1 aliphatic rings. The highest BCUT2D eigenvalue weighted by atomic mass is 16.5. The maximum atomic E-state index is 12.8. The number of likely N-dealkylation sites (tertiary alicyclic amines) is 1. The molecule has 2 aromatic heterocycles. The van der Waals surface area contributed by atoms with E-state index in [1.165, 1.54) is 12.4 Å². The van der Waals surface area contributed by atoms with Crippen LogP contribution in [0.4, 0.5) is 0 Å². The number of rotatable bonds is 4. The van der Waals surface area contributed by atoms with Crippen molar-refractivity contribution in [2.24, 2.45) is 0 Å². The standard InChI is InChI=1S/C21H21N5O2/c1-15-5-2-3-7-18(15)28-20-19(24-10-11-25-20)16-6-4-12-26(14-16)21(27)17-13-22-8-9-23-17/h2-3,5,7-11,13,16H,4,6,12,14H2,1H3/t16-/m1/s1. The van der Waals surface area contributed by atoms with Crippen LogP contribution in [0, 0.1) is 6.92 Å². The summed E-state index contributed by atoms with van der Waals surface area (Å²) in [4.78, 5) is 31.6. The van der Waals surface area contributed by atoms with Crippen molar-refractivity contribution in [3.8, 4) is 11.6 Å². The second-order valence-corrected chi connectivity index (χ2v) is 6.80. The Hall–Kier alpha value is -3.35. The Morgan fingerprint density at radius 2 is 1.93 bits per heavy atom. The Morgan fingerprint density at radius 3 is 2.75 bits per heavy atom. The molecule has 7 heteroatoms. The van der Waals surface area contributed by atoms with Gasteiger partial charge in [-0.15, -0.1) is 0 Å². The number of hydrogen-bond donors (Lipinski definition) is 0. The summed E-state index contributed by atoms with van der Waals surface area (Å²) in [7, 11) is 0. The van der Waals surface area contributed by atoms with Gasteiger partial charge in [0.15, 0.2) is 0 Å². The normalized spacial score (nSPS) is 16.6. The summed E-state index contributed by atoms with van der Waals surface area (Å²) in [5.74, 6) is 1.20. The Labute approximate surface area is 163 Å². The molecule has 0 unspecified atom stereocenters. The summed E-state index contributed by atoms with van der Waals surface area (Å²) in [6, 6.07) is 7.81. The molecule has 1 saturated heterocycles. The molecule has 1 atom stereocenters. The molecular weight excluding hydrogens is 354 g/mol. The van der Waals surface area contributed by atoms with Crippen LogP contribution in [0.3, 0.4) is 0 Å². The zero-order valence-corrected chi connectivity index (χ0v) is 15.7.